The number of hydrogen-bond acceptors (Lipinski definition) is 4. The molecule has 140 valence electrons. The molecule has 1 aromatic heterocycles. The third-order valence-corrected chi connectivity index (χ3v) is 5.31. The third kappa shape index (κ3) is 3.37. The minimum atomic E-state index is -0.443. The maximum Gasteiger partial charge on any atom is 0.270 e. The van der Waals surface area contributed by atoms with Crippen LogP contribution in [0.5, 0.6) is 0 Å². The molecule has 2 aliphatic rings. The van der Waals surface area contributed by atoms with Crippen LogP contribution in [0, 0.1) is 0 Å². The van der Waals surface area contributed by atoms with Crippen LogP contribution in [0.1, 0.15) is 35.8 Å². The molecule has 0 unspecified atom stereocenters. The Balaban J connectivity index is 1.55. The summed E-state index contributed by atoms with van der Waals surface area (Å²) in [4.78, 5) is 18.3. The molecule has 1 amide bonds. The molecule has 0 aliphatic carbocycles. The highest BCUT2D eigenvalue weighted by molar-refractivity contribution is 5.98. The van der Waals surface area contributed by atoms with E-state index in [0.717, 1.165) is 17.4 Å². The van der Waals surface area contributed by atoms with Gasteiger partial charge in [-0.15, -0.1) is 0 Å². The zero-order chi connectivity index (χ0) is 18.1. The number of rotatable bonds is 2. The fourth-order valence-corrected chi connectivity index (χ4v) is 3.77. The molecule has 26 heavy (non-hydrogen) atoms. The Labute approximate surface area is 153 Å². The number of ether oxygens (including phenoxy) is 2. The van der Waals surface area contributed by atoms with E-state index >= 15 is 0 Å². The van der Waals surface area contributed by atoms with Gasteiger partial charge in [0.1, 0.15) is 11.3 Å². The molecule has 1 spiro atoms. The third-order valence-electron chi connectivity index (χ3n) is 5.31. The number of amides is 1. The Kier molecular flexibility index (Phi) is 4.73. The van der Waals surface area contributed by atoms with Crippen LogP contribution in [0.2, 0.25) is 0 Å². The summed E-state index contributed by atoms with van der Waals surface area (Å²) in [5.74, 6) is 0.489. The Bertz CT molecular complexity index is 791. The topological polar surface area (TPSA) is 66.6 Å². The van der Waals surface area contributed by atoms with Crippen LogP contribution >= 0.6 is 0 Å². The van der Waals surface area contributed by atoms with Gasteiger partial charge in [0.2, 0.25) is 0 Å². The first-order valence-electron chi connectivity index (χ1n) is 9.41. The van der Waals surface area contributed by atoms with Gasteiger partial charge in [-0.05, 0) is 23.6 Å². The number of aromatic nitrogens is 1. The lowest BCUT2D eigenvalue weighted by molar-refractivity contribution is -0.125. The molecule has 2 aromatic rings. The second-order valence-corrected chi connectivity index (χ2v) is 7.67. The predicted octanol–water partition coefficient (Wildman–Crippen LogP) is 2.12. The van der Waals surface area contributed by atoms with E-state index in [1.807, 2.05) is 11.0 Å². The van der Waals surface area contributed by atoms with Crippen LogP contribution in [-0.4, -0.2) is 67.4 Å². The molecule has 4 rings (SSSR count). The van der Waals surface area contributed by atoms with Gasteiger partial charge >= 0.3 is 0 Å². The number of carbonyl (C=O) groups is 1. The largest absolute Gasteiger partial charge is 0.377 e. The number of morpholine rings is 1. The molecule has 3 heterocycles. The maximum atomic E-state index is 13.1. The lowest BCUT2D eigenvalue weighted by Crippen LogP contribution is -2.59. The molecule has 1 atom stereocenters. The van der Waals surface area contributed by atoms with E-state index in [1.165, 1.54) is 5.56 Å². The van der Waals surface area contributed by atoms with Gasteiger partial charge in [-0.2, -0.15) is 0 Å². The number of carbonyl (C=O) groups excluding carboxylic acids is 1. The first-order chi connectivity index (χ1) is 12.6. The minimum absolute atomic E-state index is 0.0271. The average Bonchev–Trinajstić information content (AvgIpc) is 2.95. The van der Waals surface area contributed by atoms with Gasteiger partial charge in [-0.25, -0.2) is 0 Å². The summed E-state index contributed by atoms with van der Waals surface area (Å²) >= 11 is 0. The molecule has 0 radical (unpaired) electrons. The molecular formula is C20H27N3O3. The predicted molar refractivity (Wildman–Crippen MR) is 101 cm³/mol. The zero-order valence-electron chi connectivity index (χ0n) is 15.5. The Hall–Kier alpha value is -1.89. The number of H-pyrrole nitrogens is 1. The number of nitrogens with zero attached hydrogens (tertiary/aromatic N) is 1. The molecule has 1 aromatic carbocycles. The Morgan fingerprint density at radius 1 is 1.27 bits per heavy atom. The quantitative estimate of drug-likeness (QED) is 0.864. The van der Waals surface area contributed by atoms with Gasteiger partial charge in [0.05, 0.1) is 26.4 Å². The lowest BCUT2D eigenvalue weighted by atomic mass is 10.0. The van der Waals surface area contributed by atoms with E-state index in [4.69, 9.17) is 9.47 Å². The van der Waals surface area contributed by atoms with Gasteiger partial charge in [-0.3, -0.25) is 4.79 Å². The highest BCUT2D eigenvalue weighted by atomic mass is 16.5. The van der Waals surface area contributed by atoms with Crippen molar-refractivity contribution in [3.63, 3.8) is 0 Å². The van der Waals surface area contributed by atoms with Crippen molar-refractivity contribution in [2.45, 2.75) is 25.4 Å². The summed E-state index contributed by atoms with van der Waals surface area (Å²) in [5.41, 5.74) is 2.48. The monoisotopic (exact) mass is 357 g/mol. The summed E-state index contributed by atoms with van der Waals surface area (Å²) in [6.45, 7) is 8.76. The number of benzene rings is 1. The molecule has 6 heteroatoms. The summed E-state index contributed by atoms with van der Waals surface area (Å²) in [5, 5.41) is 4.42. The van der Waals surface area contributed by atoms with Gasteiger partial charge in [0.25, 0.3) is 5.91 Å². The second-order valence-electron chi connectivity index (χ2n) is 7.67. The van der Waals surface area contributed by atoms with Gasteiger partial charge in [0.15, 0.2) is 0 Å². The summed E-state index contributed by atoms with van der Waals surface area (Å²) in [7, 11) is 0. The van der Waals surface area contributed by atoms with Crippen molar-refractivity contribution in [1.29, 1.82) is 0 Å². The molecule has 2 saturated heterocycles. The van der Waals surface area contributed by atoms with Crippen molar-refractivity contribution in [3.8, 4) is 0 Å². The number of nitrogens with one attached hydrogen (secondary N) is 2. The SMILES string of the molecule is CC(C)c1ccc2cc(C(=O)N3CCO[C@@]4(CNCCOC4)C3)[nH]c2c1. The highest BCUT2D eigenvalue weighted by Gasteiger charge is 2.39. The van der Waals surface area contributed by atoms with Gasteiger partial charge in [0, 0.05) is 30.5 Å². The van der Waals surface area contributed by atoms with Crippen LogP contribution in [-0.2, 0) is 9.47 Å². The lowest BCUT2D eigenvalue weighted by Gasteiger charge is -2.41. The van der Waals surface area contributed by atoms with Gasteiger partial charge < -0.3 is 24.7 Å². The Morgan fingerprint density at radius 2 is 2.15 bits per heavy atom. The van der Waals surface area contributed by atoms with Crippen LogP contribution in [0.15, 0.2) is 24.3 Å². The number of hydrogen-bond donors (Lipinski definition) is 2. The molecule has 2 aliphatic heterocycles. The van der Waals surface area contributed by atoms with E-state index in [2.05, 4.69) is 42.3 Å². The second kappa shape index (κ2) is 7.02. The van der Waals surface area contributed by atoms with Crippen LogP contribution in [0.3, 0.4) is 0 Å². The van der Waals surface area contributed by atoms with Crippen LogP contribution < -0.4 is 5.32 Å². The molecular weight excluding hydrogens is 330 g/mol. The van der Waals surface area contributed by atoms with Gasteiger partial charge in [-0.1, -0.05) is 26.0 Å². The Morgan fingerprint density at radius 3 is 3.00 bits per heavy atom. The normalized spacial score (nSPS) is 24.3. The standard InChI is InChI=1S/C20H27N3O3/c1-14(2)15-3-4-16-10-18(22-17(16)9-15)19(24)23-6-8-26-20(12-23)11-21-5-7-25-13-20/h3-4,9-10,14,21-22H,5-8,11-13H2,1-2H3/t20-/m0/s1. The van der Waals surface area contributed by atoms with Crippen molar-refractivity contribution in [1.82, 2.24) is 15.2 Å². The van der Waals surface area contributed by atoms with Crippen LogP contribution in [0.25, 0.3) is 10.9 Å². The van der Waals surface area contributed by atoms with Crippen molar-refractivity contribution < 1.29 is 14.3 Å². The average molecular weight is 357 g/mol. The van der Waals surface area contributed by atoms with Crippen LogP contribution in [0.4, 0.5) is 0 Å². The summed E-state index contributed by atoms with van der Waals surface area (Å²) < 4.78 is 11.7. The van der Waals surface area contributed by atoms with Crippen molar-refractivity contribution >= 4 is 16.8 Å². The first-order valence-corrected chi connectivity index (χ1v) is 9.41. The first kappa shape index (κ1) is 17.5. The van der Waals surface area contributed by atoms with E-state index in [9.17, 15) is 4.79 Å². The minimum Gasteiger partial charge on any atom is -0.377 e. The molecule has 2 fully saturated rings. The zero-order valence-corrected chi connectivity index (χ0v) is 15.5. The van der Waals surface area contributed by atoms with E-state index in [-0.39, 0.29) is 5.91 Å². The van der Waals surface area contributed by atoms with Crippen molar-refractivity contribution in [2.24, 2.45) is 0 Å². The fraction of sp³-hybridized carbons (Fsp3) is 0.550. The molecule has 2 N–H and O–H groups in total. The van der Waals surface area contributed by atoms with E-state index in [0.29, 0.717) is 51.1 Å². The van der Waals surface area contributed by atoms with Crippen molar-refractivity contribution in [3.05, 3.63) is 35.5 Å². The molecule has 6 nitrogen and oxygen atoms in total. The smallest absolute Gasteiger partial charge is 0.270 e. The van der Waals surface area contributed by atoms with E-state index < -0.39 is 5.60 Å². The van der Waals surface area contributed by atoms with Crippen molar-refractivity contribution in [2.75, 3.05) is 46.0 Å². The number of fused-ring (bicyclic) bond motifs is 1. The fourth-order valence-electron chi connectivity index (χ4n) is 3.77. The summed E-state index contributed by atoms with van der Waals surface area (Å²) in [6.07, 6.45) is 0. The maximum absolute atomic E-state index is 13.1. The number of aromatic amines is 1. The highest BCUT2D eigenvalue weighted by Crippen LogP contribution is 2.25. The molecule has 0 bridgehead atoms. The van der Waals surface area contributed by atoms with E-state index in [1.54, 1.807) is 0 Å². The summed E-state index contributed by atoms with van der Waals surface area (Å²) in [6, 6.07) is 8.31. The molecule has 0 saturated carbocycles.